The standard InChI is InChI=1S/C19H26N4O2/c1-20-18(24)10-13-8-9-14(23(13)3)11-21-19(25)16-12-22(2)17-7-5-4-6-15(16)17/h4-7,12-14H,8-11H2,1-3H3,(H,20,24)(H,21,25)/t13-,14+/m1/s1. The van der Waals surface area contributed by atoms with Crippen LogP contribution in [0.1, 0.15) is 29.6 Å². The number of amides is 2. The van der Waals surface area contributed by atoms with E-state index in [1.54, 1.807) is 7.05 Å². The van der Waals surface area contributed by atoms with Crippen LogP contribution in [-0.4, -0.2) is 54.0 Å². The van der Waals surface area contributed by atoms with Crippen LogP contribution in [0, 0.1) is 0 Å². The average Bonchev–Trinajstić information content (AvgIpc) is 3.14. The number of carbonyl (C=O) groups is 2. The van der Waals surface area contributed by atoms with Gasteiger partial charge in [-0.2, -0.15) is 0 Å². The summed E-state index contributed by atoms with van der Waals surface area (Å²) in [6.07, 6.45) is 4.38. The number of nitrogens with zero attached hydrogens (tertiary/aromatic N) is 2. The van der Waals surface area contributed by atoms with Crippen molar-refractivity contribution < 1.29 is 9.59 Å². The molecule has 3 rings (SSSR count). The molecule has 1 aliphatic heterocycles. The van der Waals surface area contributed by atoms with Crippen LogP contribution in [0.15, 0.2) is 30.5 Å². The van der Waals surface area contributed by atoms with Crippen molar-refractivity contribution in [2.24, 2.45) is 7.05 Å². The molecule has 134 valence electrons. The van der Waals surface area contributed by atoms with Gasteiger partial charge in [0.1, 0.15) is 0 Å². The van der Waals surface area contributed by atoms with Crippen molar-refractivity contribution in [2.75, 3.05) is 20.6 Å². The van der Waals surface area contributed by atoms with E-state index in [1.165, 1.54) is 0 Å². The molecule has 0 aliphatic carbocycles. The quantitative estimate of drug-likeness (QED) is 0.865. The van der Waals surface area contributed by atoms with Gasteiger partial charge in [0.2, 0.25) is 5.91 Å². The van der Waals surface area contributed by atoms with Gasteiger partial charge in [-0.3, -0.25) is 14.5 Å². The minimum Gasteiger partial charge on any atom is -0.359 e. The first kappa shape index (κ1) is 17.5. The molecule has 2 aromatic rings. The Morgan fingerprint density at radius 3 is 2.64 bits per heavy atom. The molecule has 1 aliphatic rings. The zero-order chi connectivity index (χ0) is 18.0. The maximum absolute atomic E-state index is 12.6. The number of rotatable bonds is 5. The Kier molecular flexibility index (Phi) is 5.08. The Balaban J connectivity index is 1.62. The van der Waals surface area contributed by atoms with E-state index in [1.807, 2.05) is 49.1 Å². The molecule has 6 heteroatoms. The fourth-order valence-electron chi connectivity index (χ4n) is 3.73. The molecule has 0 saturated carbocycles. The zero-order valence-electron chi connectivity index (χ0n) is 15.1. The highest BCUT2D eigenvalue weighted by Gasteiger charge is 2.31. The third-order valence-corrected chi connectivity index (χ3v) is 5.32. The Bertz CT molecular complexity index is 783. The number of likely N-dealkylation sites (tertiary alicyclic amines) is 1. The van der Waals surface area contributed by atoms with Crippen molar-refractivity contribution in [1.29, 1.82) is 0 Å². The van der Waals surface area contributed by atoms with Crippen LogP contribution >= 0.6 is 0 Å². The van der Waals surface area contributed by atoms with Gasteiger partial charge in [-0.05, 0) is 26.0 Å². The Hall–Kier alpha value is -2.34. The predicted molar refractivity (Wildman–Crippen MR) is 98.5 cm³/mol. The molecule has 1 aromatic heterocycles. The van der Waals surface area contributed by atoms with Crippen LogP contribution in [-0.2, 0) is 11.8 Å². The smallest absolute Gasteiger partial charge is 0.253 e. The third-order valence-electron chi connectivity index (χ3n) is 5.32. The van der Waals surface area contributed by atoms with Gasteiger partial charge >= 0.3 is 0 Å². The van der Waals surface area contributed by atoms with E-state index in [-0.39, 0.29) is 23.9 Å². The van der Waals surface area contributed by atoms with Crippen molar-refractivity contribution in [3.8, 4) is 0 Å². The van der Waals surface area contributed by atoms with Crippen molar-refractivity contribution in [2.45, 2.75) is 31.3 Å². The molecule has 0 unspecified atom stereocenters. The highest BCUT2D eigenvalue weighted by Crippen LogP contribution is 2.24. The van der Waals surface area contributed by atoms with Crippen LogP contribution in [0.2, 0.25) is 0 Å². The number of carbonyl (C=O) groups excluding carboxylic acids is 2. The van der Waals surface area contributed by atoms with Gasteiger partial charge < -0.3 is 15.2 Å². The van der Waals surface area contributed by atoms with Crippen molar-refractivity contribution in [1.82, 2.24) is 20.1 Å². The monoisotopic (exact) mass is 342 g/mol. The minimum absolute atomic E-state index is 0.0417. The van der Waals surface area contributed by atoms with Crippen LogP contribution in [0.5, 0.6) is 0 Å². The lowest BCUT2D eigenvalue weighted by atomic mass is 10.1. The molecule has 2 N–H and O–H groups in total. The number of fused-ring (bicyclic) bond motifs is 1. The summed E-state index contributed by atoms with van der Waals surface area (Å²) in [5.41, 5.74) is 1.76. The molecule has 2 amide bonds. The molecule has 0 radical (unpaired) electrons. The number of likely N-dealkylation sites (N-methyl/N-ethyl adjacent to an activating group) is 1. The number of para-hydroxylation sites is 1. The molecule has 2 atom stereocenters. The lowest BCUT2D eigenvalue weighted by Crippen LogP contribution is -2.42. The Morgan fingerprint density at radius 2 is 1.88 bits per heavy atom. The molecule has 1 saturated heterocycles. The molecular weight excluding hydrogens is 316 g/mol. The van der Waals surface area contributed by atoms with Gasteiger partial charge in [0, 0.05) is 56.2 Å². The molecule has 0 spiro atoms. The van der Waals surface area contributed by atoms with Gasteiger partial charge in [-0.15, -0.1) is 0 Å². The normalized spacial score (nSPS) is 20.8. The first-order valence-corrected chi connectivity index (χ1v) is 8.76. The number of hydrogen-bond donors (Lipinski definition) is 2. The van der Waals surface area contributed by atoms with Gasteiger partial charge in [0.05, 0.1) is 5.56 Å². The summed E-state index contributed by atoms with van der Waals surface area (Å²) in [4.78, 5) is 26.4. The van der Waals surface area contributed by atoms with E-state index >= 15 is 0 Å². The molecule has 1 fully saturated rings. The summed E-state index contributed by atoms with van der Waals surface area (Å²) in [5.74, 6) is 0.0252. The number of benzene rings is 1. The number of nitrogens with one attached hydrogen (secondary N) is 2. The maximum atomic E-state index is 12.6. The number of hydrogen-bond acceptors (Lipinski definition) is 3. The number of aromatic nitrogens is 1. The summed E-state index contributed by atoms with van der Waals surface area (Å²) in [6.45, 7) is 0.600. The lowest BCUT2D eigenvalue weighted by Gasteiger charge is -2.25. The largest absolute Gasteiger partial charge is 0.359 e. The lowest BCUT2D eigenvalue weighted by molar-refractivity contribution is -0.121. The SMILES string of the molecule is CNC(=O)C[C@H]1CC[C@@H](CNC(=O)c2cn(C)c3ccccc23)N1C. The van der Waals surface area contributed by atoms with Crippen molar-refractivity contribution >= 4 is 22.7 Å². The Morgan fingerprint density at radius 1 is 1.16 bits per heavy atom. The van der Waals surface area contributed by atoms with E-state index in [0.29, 0.717) is 18.5 Å². The van der Waals surface area contributed by atoms with E-state index in [2.05, 4.69) is 15.5 Å². The highest BCUT2D eigenvalue weighted by molar-refractivity contribution is 6.06. The second-order valence-corrected chi connectivity index (χ2v) is 6.81. The van der Waals surface area contributed by atoms with Crippen LogP contribution in [0.25, 0.3) is 10.9 Å². The van der Waals surface area contributed by atoms with Crippen LogP contribution < -0.4 is 10.6 Å². The van der Waals surface area contributed by atoms with Crippen LogP contribution in [0.4, 0.5) is 0 Å². The molecule has 1 aromatic carbocycles. The predicted octanol–water partition coefficient (Wildman–Crippen LogP) is 1.51. The second-order valence-electron chi connectivity index (χ2n) is 6.81. The van der Waals surface area contributed by atoms with E-state index in [0.717, 1.165) is 23.7 Å². The Labute approximate surface area is 148 Å². The second kappa shape index (κ2) is 7.27. The summed E-state index contributed by atoms with van der Waals surface area (Å²) in [7, 11) is 5.65. The molecule has 2 heterocycles. The molecule has 25 heavy (non-hydrogen) atoms. The van der Waals surface area contributed by atoms with E-state index in [9.17, 15) is 9.59 Å². The van der Waals surface area contributed by atoms with E-state index in [4.69, 9.17) is 0 Å². The average molecular weight is 342 g/mol. The van der Waals surface area contributed by atoms with Crippen molar-refractivity contribution in [3.05, 3.63) is 36.0 Å². The summed E-state index contributed by atoms with van der Waals surface area (Å²) < 4.78 is 1.98. The highest BCUT2D eigenvalue weighted by atomic mass is 16.2. The summed E-state index contributed by atoms with van der Waals surface area (Å²) >= 11 is 0. The molecule has 6 nitrogen and oxygen atoms in total. The first-order valence-electron chi connectivity index (χ1n) is 8.76. The minimum atomic E-state index is -0.0417. The first-order chi connectivity index (χ1) is 12.0. The summed E-state index contributed by atoms with van der Waals surface area (Å²) in [5, 5.41) is 6.72. The topological polar surface area (TPSA) is 66.4 Å². The van der Waals surface area contributed by atoms with E-state index < -0.39 is 0 Å². The molecular formula is C19H26N4O2. The third kappa shape index (κ3) is 3.54. The van der Waals surface area contributed by atoms with Gasteiger partial charge in [0.25, 0.3) is 5.91 Å². The molecule has 0 bridgehead atoms. The van der Waals surface area contributed by atoms with Gasteiger partial charge in [0.15, 0.2) is 0 Å². The number of aryl methyl sites for hydroxylation is 1. The van der Waals surface area contributed by atoms with Gasteiger partial charge in [-0.1, -0.05) is 18.2 Å². The summed E-state index contributed by atoms with van der Waals surface area (Å²) in [6, 6.07) is 8.44. The van der Waals surface area contributed by atoms with Gasteiger partial charge in [-0.25, -0.2) is 0 Å². The fourth-order valence-corrected chi connectivity index (χ4v) is 3.73. The fraction of sp³-hybridized carbons (Fsp3) is 0.474. The maximum Gasteiger partial charge on any atom is 0.253 e. The van der Waals surface area contributed by atoms with Crippen molar-refractivity contribution in [3.63, 3.8) is 0 Å². The van der Waals surface area contributed by atoms with Crippen LogP contribution in [0.3, 0.4) is 0 Å². The zero-order valence-corrected chi connectivity index (χ0v) is 15.1.